The number of unbranched alkanes of at least 4 members (excludes halogenated alkanes) is 14. The summed E-state index contributed by atoms with van der Waals surface area (Å²) >= 11 is 0. The Labute approximate surface area is 252 Å². The van der Waals surface area contributed by atoms with E-state index in [1.54, 1.807) is 0 Å². The van der Waals surface area contributed by atoms with E-state index in [0.29, 0.717) is 25.0 Å². The van der Waals surface area contributed by atoms with Crippen LogP contribution in [0.25, 0.3) is 0 Å². The Morgan fingerprint density at radius 1 is 0.756 bits per heavy atom. The van der Waals surface area contributed by atoms with Crippen LogP contribution < -0.4 is 0 Å². The molecular weight excluding hydrogens is 516 g/mol. The molecule has 0 saturated carbocycles. The number of aliphatic hydroxyl groups is 1. The fourth-order valence-electron chi connectivity index (χ4n) is 5.16. The van der Waals surface area contributed by atoms with Crippen molar-refractivity contribution in [3.63, 3.8) is 0 Å². The third-order valence-electron chi connectivity index (χ3n) is 7.91. The molecule has 6 heteroatoms. The van der Waals surface area contributed by atoms with Crippen molar-refractivity contribution in [2.24, 2.45) is 5.92 Å². The summed E-state index contributed by atoms with van der Waals surface area (Å²) in [6, 6.07) is 0. The highest BCUT2D eigenvalue weighted by molar-refractivity contribution is 5.70. The number of allylic oxidation sites excluding steroid dienone is 1. The Balaban J connectivity index is 1.90. The molecule has 0 bridgehead atoms. The van der Waals surface area contributed by atoms with E-state index in [-0.39, 0.29) is 25.2 Å². The van der Waals surface area contributed by atoms with Crippen molar-refractivity contribution in [3.05, 3.63) is 12.2 Å². The topological polar surface area (TPSA) is 85.4 Å². The van der Waals surface area contributed by atoms with E-state index in [9.17, 15) is 14.7 Å². The Bertz CT molecular complexity index is 661. The summed E-state index contributed by atoms with van der Waals surface area (Å²) in [6.45, 7) is 6.38. The molecule has 2 unspecified atom stereocenters. The van der Waals surface area contributed by atoms with E-state index in [1.165, 1.54) is 70.6 Å². The van der Waals surface area contributed by atoms with Gasteiger partial charge in [-0.2, -0.15) is 0 Å². The van der Waals surface area contributed by atoms with Crippen molar-refractivity contribution in [1.29, 1.82) is 0 Å². The molecule has 1 heterocycles. The maximum atomic E-state index is 12.1. The SMILES string of the molecule is CCCCCC1OC1C/C=C\CCCCCCCC(=O)O[C@@H](CO)COC(=O)CCCCCCCCCCC(C)C. The predicted octanol–water partition coefficient (Wildman–Crippen LogP) is 9.02. The monoisotopic (exact) mass is 580 g/mol. The third-order valence-corrected chi connectivity index (χ3v) is 7.91. The summed E-state index contributed by atoms with van der Waals surface area (Å²) in [5.41, 5.74) is 0. The van der Waals surface area contributed by atoms with Gasteiger partial charge in [0, 0.05) is 12.8 Å². The Morgan fingerprint density at radius 2 is 1.37 bits per heavy atom. The van der Waals surface area contributed by atoms with E-state index < -0.39 is 6.10 Å². The lowest BCUT2D eigenvalue weighted by molar-refractivity contribution is -0.161. The van der Waals surface area contributed by atoms with Gasteiger partial charge in [0.2, 0.25) is 0 Å². The second-order valence-electron chi connectivity index (χ2n) is 12.5. The number of carbonyl (C=O) groups excluding carboxylic acids is 2. The fraction of sp³-hybridized carbons (Fsp3) is 0.886. The normalized spacial score (nSPS) is 17.3. The molecule has 3 atom stereocenters. The van der Waals surface area contributed by atoms with Crippen molar-refractivity contribution in [2.75, 3.05) is 13.2 Å². The van der Waals surface area contributed by atoms with Crippen LogP contribution in [0.1, 0.15) is 162 Å². The number of ether oxygens (including phenoxy) is 3. The van der Waals surface area contributed by atoms with Gasteiger partial charge in [-0.15, -0.1) is 0 Å². The molecule has 1 rings (SSSR count). The van der Waals surface area contributed by atoms with Crippen LogP contribution in [0.15, 0.2) is 12.2 Å². The molecule has 1 aliphatic heterocycles. The van der Waals surface area contributed by atoms with Crippen molar-refractivity contribution >= 4 is 11.9 Å². The van der Waals surface area contributed by atoms with Crippen LogP contribution in [-0.2, 0) is 23.8 Å². The summed E-state index contributed by atoms with van der Waals surface area (Å²) in [4.78, 5) is 24.1. The molecule has 240 valence electrons. The molecule has 0 radical (unpaired) electrons. The number of aliphatic hydroxyl groups excluding tert-OH is 1. The number of hydrogen-bond acceptors (Lipinski definition) is 6. The maximum Gasteiger partial charge on any atom is 0.306 e. The molecule has 0 spiro atoms. The molecular formula is C35H64O6. The van der Waals surface area contributed by atoms with Crippen molar-refractivity contribution < 1.29 is 28.9 Å². The van der Waals surface area contributed by atoms with Gasteiger partial charge in [0.15, 0.2) is 6.10 Å². The highest BCUT2D eigenvalue weighted by atomic mass is 16.6. The second kappa shape index (κ2) is 26.2. The third kappa shape index (κ3) is 23.8. The number of carbonyl (C=O) groups is 2. The second-order valence-corrected chi connectivity index (χ2v) is 12.5. The predicted molar refractivity (Wildman–Crippen MR) is 168 cm³/mol. The minimum atomic E-state index is -0.776. The van der Waals surface area contributed by atoms with Gasteiger partial charge in [0.1, 0.15) is 6.61 Å². The van der Waals surface area contributed by atoms with Crippen LogP contribution in [0.5, 0.6) is 0 Å². The largest absolute Gasteiger partial charge is 0.462 e. The lowest BCUT2D eigenvalue weighted by Crippen LogP contribution is -2.28. The first-order valence-electron chi connectivity index (χ1n) is 17.2. The van der Waals surface area contributed by atoms with Gasteiger partial charge in [0.05, 0.1) is 18.8 Å². The van der Waals surface area contributed by atoms with E-state index in [2.05, 4.69) is 32.9 Å². The Kier molecular flexibility index (Phi) is 24.1. The van der Waals surface area contributed by atoms with Gasteiger partial charge in [-0.3, -0.25) is 9.59 Å². The molecule has 1 fully saturated rings. The summed E-state index contributed by atoms with van der Waals surface area (Å²) < 4.78 is 16.3. The van der Waals surface area contributed by atoms with Gasteiger partial charge in [-0.25, -0.2) is 0 Å². The van der Waals surface area contributed by atoms with Crippen LogP contribution in [0.3, 0.4) is 0 Å². The van der Waals surface area contributed by atoms with E-state index in [4.69, 9.17) is 14.2 Å². The zero-order valence-electron chi connectivity index (χ0n) is 26.9. The lowest BCUT2D eigenvalue weighted by atomic mass is 10.0. The van der Waals surface area contributed by atoms with Gasteiger partial charge in [-0.05, 0) is 44.4 Å². The van der Waals surface area contributed by atoms with Gasteiger partial charge >= 0.3 is 11.9 Å². The maximum absolute atomic E-state index is 12.1. The molecule has 1 N–H and O–H groups in total. The highest BCUT2D eigenvalue weighted by Gasteiger charge is 2.36. The van der Waals surface area contributed by atoms with Crippen LogP contribution in [0.4, 0.5) is 0 Å². The molecule has 0 amide bonds. The van der Waals surface area contributed by atoms with Crippen LogP contribution in [0.2, 0.25) is 0 Å². The van der Waals surface area contributed by atoms with Crippen molar-refractivity contribution in [2.45, 2.75) is 180 Å². The number of epoxide rings is 1. The summed E-state index contributed by atoms with van der Waals surface area (Å²) in [5.74, 6) is 0.192. The van der Waals surface area contributed by atoms with Gasteiger partial charge in [-0.1, -0.05) is 123 Å². The number of hydrogen-bond donors (Lipinski definition) is 1. The Hall–Kier alpha value is -1.40. The Morgan fingerprint density at radius 3 is 2.00 bits per heavy atom. The first-order valence-corrected chi connectivity index (χ1v) is 17.2. The summed E-state index contributed by atoms with van der Waals surface area (Å²) in [6.07, 6.45) is 28.7. The summed E-state index contributed by atoms with van der Waals surface area (Å²) in [7, 11) is 0. The molecule has 6 nitrogen and oxygen atoms in total. The van der Waals surface area contributed by atoms with E-state index in [0.717, 1.165) is 63.7 Å². The standard InChI is InChI=1S/C35H64O6/c1-4-5-18-24-32-33(41-32)25-20-15-11-7-9-13-17-22-27-35(38)40-31(28-36)29-39-34(37)26-21-16-12-8-6-10-14-19-23-30(2)3/h15,20,30-33,36H,4-14,16-19,21-29H2,1-3H3/b20-15-/t31-,32?,33?/m0/s1. The molecule has 1 saturated heterocycles. The average Bonchev–Trinajstić information content (AvgIpc) is 3.70. The minimum absolute atomic E-state index is 0.0721. The molecule has 1 aliphatic rings. The highest BCUT2D eigenvalue weighted by Crippen LogP contribution is 2.30. The van der Waals surface area contributed by atoms with Crippen LogP contribution >= 0.6 is 0 Å². The molecule has 0 aliphatic carbocycles. The minimum Gasteiger partial charge on any atom is -0.462 e. The van der Waals surface area contributed by atoms with Crippen molar-refractivity contribution in [3.8, 4) is 0 Å². The fourth-order valence-corrected chi connectivity index (χ4v) is 5.16. The lowest BCUT2D eigenvalue weighted by Gasteiger charge is -2.15. The van der Waals surface area contributed by atoms with Crippen molar-refractivity contribution in [1.82, 2.24) is 0 Å². The van der Waals surface area contributed by atoms with Crippen LogP contribution in [-0.4, -0.2) is 48.6 Å². The number of rotatable bonds is 29. The smallest absolute Gasteiger partial charge is 0.306 e. The zero-order chi connectivity index (χ0) is 30.0. The zero-order valence-corrected chi connectivity index (χ0v) is 26.9. The molecule has 41 heavy (non-hydrogen) atoms. The van der Waals surface area contributed by atoms with Gasteiger partial charge < -0.3 is 19.3 Å². The average molecular weight is 581 g/mol. The van der Waals surface area contributed by atoms with Gasteiger partial charge in [0.25, 0.3) is 0 Å². The summed E-state index contributed by atoms with van der Waals surface area (Å²) in [5, 5.41) is 9.51. The van der Waals surface area contributed by atoms with Crippen LogP contribution in [0, 0.1) is 5.92 Å². The quantitative estimate of drug-likeness (QED) is 0.0411. The molecule has 0 aromatic carbocycles. The first-order chi connectivity index (χ1) is 20.0. The molecule has 0 aromatic rings. The number of esters is 2. The van der Waals surface area contributed by atoms with E-state index in [1.807, 2.05) is 0 Å². The molecule has 0 aromatic heterocycles. The first kappa shape index (κ1) is 37.6. The van der Waals surface area contributed by atoms with E-state index >= 15 is 0 Å².